The molecule has 180 valence electrons. The Hall–Kier alpha value is -3.68. The number of aromatic nitrogens is 1. The van der Waals surface area contributed by atoms with Gasteiger partial charge in [-0.1, -0.05) is 30.3 Å². The van der Waals surface area contributed by atoms with Gasteiger partial charge in [-0.2, -0.15) is 0 Å². The van der Waals surface area contributed by atoms with E-state index in [-0.39, 0.29) is 11.8 Å². The topological polar surface area (TPSA) is 84.1 Å². The molecule has 8 nitrogen and oxygen atoms in total. The molecule has 1 N–H and O–H groups in total. The van der Waals surface area contributed by atoms with Crippen LogP contribution in [0.15, 0.2) is 42.5 Å². The molecule has 4 rings (SSSR count). The average molecular weight is 466 g/mol. The van der Waals surface area contributed by atoms with E-state index in [0.717, 1.165) is 10.9 Å². The zero-order valence-corrected chi connectivity index (χ0v) is 20.3. The molecule has 0 atom stereocenters. The molecular formula is C26H31N3O5. The maximum atomic E-state index is 13.3. The van der Waals surface area contributed by atoms with Crippen LogP contribution in [0.1, 0.15) is 29.9 Å². The number of nitrogens with one attached hydrogen (secondary N) is 1. The predicted molar refractivity (Wildman–Crippen MR) is 130 cm³/mol. The van der Waals surface area contributed by atoms with Crippen molar-refractivity contribution in [3.63, 3.8) is 0 Å². The number of rotatable bonds is 6. The van der Waals surface area contributed by atoms with Crippen molar-refractivity contribution < 1.29 is 23.8 Å². The van der Waals surface area contributed by atoms with E-state index >= 15 is 0 Å². The van der Waals surface area contributed by atoms with Gasteiger partial charge in [0, 0.05) is 37.6 Å². The summed E-state index contributed by atoms with van der Waals surface area (Å²) in [6, 6.07) is 13.3. The molecule has 1 saturated heterocycles. The molecule has 34 heavy (non-hydrogen) atoms. The lowest BCUT2D eigenvalue weighted by Gasteiger charge is -2.38. The van der Waals surface area contributed by atoms with Crippen molar-refractivity contribution in [3.8, 4) is 17.2 Å². The van der Waals surface area contributed by atoms with Crippen LogP contribution in [0, 0.1) is 0 Å². The molecule has 2 heterocycles. The number of aromatic amines is 1. The van der Waals surface area contributed by atoms with Gasteiger partial charge in [-0.15, -0.1) is 0 Å². The highest BCUT2D eigenvalue weighted by Crippen LogP contribution is 2.41. The maximum absolute atomic E-state index is 13.3. The molecule has 1 fully saturated rings. The summed E-state index contributed by atoms with van der Waals surface area (Å²) < 4.78 is 16.4. The number of carbonyl (C=O) groups is 2. The van der Waals surface area contributed by atoms with Crippen molar-refractivity contribution in [1.29, 1.82) is 0 Å². The van der Waals surface area contributed by atoms with E-state index < -0.39 is 5.41 Å². The van der Waals surface area contributed by atoms with E-state index in [1.54, 1.807) is 38.4 Å². The minimum absolute atomic E-state index is 0.0676. The Bertz CT molecular complexity index is 1190. The van der Waals surface area contributed by atoms with Crippen molar-refractivity contribution in [2.45, 2.75) is 19.3 Å². The summed E-state index contributed by atoms with van der Waals surface area (Å²) in [5.74, 6) is 1.55. The molecule has 0 saturated carbocycles. The molecule has 0 radical (unpaired) electrons. The second-order valence-corrected chi connectivity index (χ2v) is 8.86. The first-order valence-electron chi connectivity index (χ1n) is 11.3. The van der Waals surface area contributed by atoms with Gasteiger partial charge in [0.2, 0.25) is 5.91 Å². The highest BCUT2D eigenvalue weighted by molar-refractivity contribution is 6.02. The van der Waals surface area contributed by atoms with Crippen molar-refractivity contribution in [3.05, 3.63) is 53.7 Å². The Labute approximate surface area is 199 Å². The average Bonchev–Trinajstić information content (AvgIpc) is 3.32. The van der Waals surface area contributed by atoms with Gasteiger partial charge in [-0.05, 0) is 25.5 Å². The van der Waals surface area contributed by atoms with Gasteiger partial charge in [0.15, 0.2) is 11.5 Å². The van der Waals surface area contributed by atoms with E-state index in [1.165, 1.54) is 0 Å². The first kappa shape index (κ1) is 23.5. The molecule has 1 aliphatic heterocycles. The highest BCUT2D eigenvalue weighted by atomic mass is 16.5. The molecule has 0 unspecified atom stereocenters. The third-order valence-corrected chi connectivity index (χ3v) is 6.55. The minimum Gasteiger partial charge on any atom is -0.496 e. The van der Waals surface area contributed by atoms with Gasteiger partial charge in [-0.25, -0.2) is 0 Å². The fourth-order valence-corrected chi connectivity index (χ4v) is 4.51. The van der Waals surface area contributed by atoms with Gasteiger partial charge < -0.3 is 29.0 Å². The largest absolute Gasteiger partial charge is 0.496 e. The molecule has 0 spiro atoms. The third kappa shape index (κ3) is 4.04. The number of piperazine rings is 1. The molecule has 8 heteroatoms. The number of hydrogen-bond acceptors (Lipinski definition) is 5. The van der Waals surface area contributed by atoms with Crippen LogP contribution in [-0.2, 0) is 10.2 Å². The van der Waals surface area contributed by atoms with Crippen molar-refractivity contribution in [2.24, 2.45) is 0 Å². The van der Waals surface area contributed by atoms with Crippen LogP contribution >= 0.6 is 0 Å². The Kier molecular flexibility index (Phi) is 6.41. The van der Waals surface area contributed by atoms with Gasteiger partial charge in [0.25, 0.3) is 5.91 Å². The van der Waals surface area contributed by atoms with E-state index in [1.807, 2.05) is 49.1 Å². The number of benzene rings is 2. The molecule has 2 aromatic carbocycles. The van der Waals surface area contributed by atoms with E-state index in [4.69, 9.17) is 14.2 Å². The lowest BCUT2D eigenvalue weighted by atomic mass is 9.83. The van der Waals surface area contributed by atoms with Gasteiger partial charge in [0.05, 0.1) is 32.3 Å². The molecule has 0 aliphatic carbocycles. The summed E-state index contributed by atoms with van der Waals surface area (Å²) in [5, 5.41) is 0.738. The molecule has 3 aromatic rings. The number of ether oxygens (including phenoxy) is 3. The van der Waals surface area contributed by atoms with Crippen LogP contribution in [0.3, 0.4) is 0 Å². The van der Waals surface area contributed by atoms with Gasteiger partial charge in [0.1, 0.15) is 11.4 Å². The fourth-order valence-electron chi connectivity index (χ4n) is 4.51. The number of amides is 2. The van der Waals surface area contributed by atoms with Crippen LogP contribution in [0.4, 0.5) is 0 Å². The van der Waals surface area contributed by atoms with Crippen LogP contribution < -0.4 is 14.2 Å². The Morgan fingerprint density at radius 2 is 1.47 bits per heavy atom. The summed E-state index contributed by atoms with van der Waals surface area (Å²) >= 11 is 0. The summed E-state index contributed by atoms with van der Waals surface area (Å²) in [5.41, 5.74) is 1.43. The molecule has 0 bridgehead atoms. The zero-order chi connectivity index (χ0) is 24.5. The molecule has 1 aliphatic rings. The lowest BCUT2D eigenvalue weighted by molar-refractivity contribution is -0.137. The first-order valence-corrected chi connectivity index (χ1v) is 11.3. The quantitative estimate of drug-likeness (QED) is 0.603. The number of methoxy groups -OCH3 is 3. The smallest absolute Gasteiger partial charge is 0.270 e. The monoisotopic (exact) mass is 465 g/mol. The number of hydrogen-bond donors (Lipinski definition) is 1. The zero-order valence-electron chi connectivity index (χ0n) is 20.3. The lowest BCUT2D eigenvalue weighted by Crippen LogP contribution is -2.54. The first-order chi connectivity index (χ1) is 16.3. The van der Waals surface area contributed by atoms with Crippen molar-refractivity contribution >= 4 is 22.7 Å². The molecular weight excluding hydrogens is 434 g/mol. The Balaban J connectivity index is 1.51. The number of carbonyl (C=O) groups excluding carboxylic acids is 2. The highest BCUT2D eigenvalue weighted by Gasteiger charge is 2.36. The van der Waals surface area contributed by atoms with Crippen molar-refractivity contribution in [1.82, 2.24) is 14.8 Å². The van der Waals surface area contributed by atoms with E-state index in [9.17, 15) is 9.59 Å². The van der Waals surface area contributed by atoms with E-state index in [0.29, 0.717) is 54.6 Å². The van der Waals surface area contributed by atoms with Crippen LogP contribution in [0.25, 0.3) is 10.9 Å². The van der Waals surface area contributed by atoms with Crippen molar-refractivity contribution in [2.75, 3.05) is 47.5 Å². The maximum Gasteiger partial charge on any atom is 0.270 e. The third-order valence-electron chi connectivity index (χ3n) is 6.55. The summed E-state index contributed by atoms with van der Waals surface area (Å²) in [4.78, 5) is 33.4. The van der Waals surface area contributed by atoms with E-state index in [2.05, 4.69) is 4.98 Å². The second kappa shape index (κ2) is 9.29. The fraction of sp³-hybridized carbons (Fsp3) is 0.385. The molecule has 1 aromatic heterocycles. The van der Waals surface area contributed by atoms with Crippen LogP contribution in [0.2, 0.25) is 0 Å². The number of H-pyrrole nitrogens is 1. The predicted octanol–water partition coefficient (Wildman–Crippen LogP) is 3.46. The standard InChI is InChI=1S/C26H31N3O5/c1-26(2,17-9-7-6-8-10-17)25(31)29-13-11-28(12-14-29)24(30)19-15-18-20(32-3)16-21(33-4)23(34-5)22(18)27-19/h6-10,15-16,27H,11-14H2,1-5H3. The molecule has 2 amide bonds. The normalized spacial score (nSPS) is 14.3. The van der Waals surface area contributed by atoms with Crippen LogP contribution in [-0.4, -0.2) is 74.1 Å². The minimum atomic E-state index is -0.628. The second-order valence-electron chi connectivity index (χ2n) is 8.86. The summed E-state index contributed by atoms with van der Waals surface area (Å²) in [7, 11) is 4.68. The Morgan fingerprint density at radius 3 is 2.06 bits per heavy atom. The summed E-state index contributed by atoms with van der Waals surface area (Å²) in [6.07, 6.45) is 0. The number of nitrogens with zero attached hydrogens (tertiary/aromatic N) is 2. The van der Waals surface area contributed by atoms with Gasteiger partial charge >= 0.3 is 0 Å². The Morgan fingerprint density at radius 1 is 0.853 bits per heavy atom. The number of fused-ring (bicyclic) bond motifs is 1. The van der Waals surface area contributed by atoms with Crippen LogP contribution in [0.5, 0.6) is 17.2 Å². The summed E-state index contributed by atoms with van der Waals surface area (Å²) in [6.45, 7) is 5.79. The van der Waals surface area contributed by atoms with Gasteiger partial charge in [-0.3, -0.25) is 9.59 Å². The SMILES string of the molecule is COc1cc(OC)c2cc(C(=O)N3CCN(C(=O)C(C)(C)c4ccccc4)CC3)[nH]c2c1OC.